The predicted octanol–water partition coefficient (Wildman–Crippen LogP) is 4.28. The van der Waals surface area contributed by atoms with Crippen molar-refractivity contribution in [1.29, 1.82) is 0 Å². The summed E-state index contributed by atoms with van der Waals surface area (Å²) in [5.41, 5.74) is 0.302. The Bertz CT molecular complexity index is 629. The smallest absolute Gasteiger partial charge is 0.426 e. The molecule has 138 valence electrons. The molecule has 0 spiro atoms. The van der Waals surface area contributed by atoms with Gasteiger partial charge in [0.1, 0.15) is 5.75 Å². The van der Waals surface area contributed by atoms with Crippen LogP contribution >= 0.6 is 0 Å². The fourth-order valence-electron chi connectivity index (χ4n) is 3.75. The largest absolute Gasteiger partial charge is 0.499 e. The van der Waals surface area contributed by atoms with E-state index in [1.165, 1.54) is 12.1 Å². The summed E-state index contributed by atoms with van der Waals surface area (Å²) in [5.74, 6) is -0.876. The van der Waals surface area contributed by atoms with Crippen molar-refractivity contribution in [2.75, 3.05) is 7.05 Å². The summed E-state index contributed by atoms with van der Waals surface area (Å²) in [6.45, 7) is 0. The average molecular weight is 363 g/mol. The van der Waals surface area contributed by atoms with Gasteiger partial charge in [0, 0.05) is 23.6 Å². The molecule has 3 rings (SSSR count). The lowest BCUT2D eigenvalue weighted by Gasteiger charge is -2.35. The highest BCUT2D eigenvalue weighted by molar-refractivity contribution is 5.98. The van der Waals surface area contributed by atoms with Crippen molar-refractivity contribution in [3.63, 3.8) is 0 Å². The van der Waals surface area contributed by atoms with E-state index in [0.29, 0.717) is 17.6 Å². The zero-order chi connectivity index (χ0) is 18.4. The van der Waals surface area contributed by atoms with Gasteiger partial charge in [-0.2, -0.15) is 22.0 Å². The molecule has 2 heterocycles. The summed E-state index contributed by atoms with van der Waals surface area (Å²) >= 11 is 0. The number of benzene rings is 1. The van der Waals surface area contributed by atoms with E-state index in [1.54, 1.807) is 0 Å². The first-order chi connectivity index (χ1) is 11.6. The van der Waals surface area contributed by atoms with Gasteiger partial charge in [0.25, 0.3) is 0 Å². The number of piperidine rings is 1. The van der Waals surface area contributed by atoms with Crippen LogP contribution in [0.5, 0.6) is 5.75 Å². The van der Waals surface area contributed by atoms with Crippen molar-refractivity contribution in [2.24, 2.45) is 5.92 Å². The lowest BCUT2D eigenvalue weighted by Crippen LogP contribution is -2.42. The van der Waals surface area contributed by atoms with E-state index in [2.05, 4.69) is 16.7 Å². The second-order valence-electron chi connectivity index (χ2n) is 6.72. The molecule has 2 saturated heterocycles. The maximum Gasteiger partial charge on any atom is 0.499 e. The van der Waals surface area contributed by atoms with Crippen LogP contribution in [0.15, 0.2) is 24.3 Å². The second-order valence-corrected chi connectivity index (χ2v) is 6.72. The minimum atomic E-state index is -5.80. The molecule has 0 radical (unpaired) electrons. The van der Waals surface area contributed by atoms with Crippen molar-refractivity contribution >= 4 is 5.78 Å². The van der Waals surface area contributed by atoms with Gasteiger partial charge in [-0.05, 0) is 57.0 Å². The molecule has 2 unspecified atom stereocenters. The van der Waals surface area contributed by atoms with Gasteiger partial charge < -0.3 is 9.64 Å². The molecule has 8 heteroatoms. The number of ketones is 1. The van der Waals surface area contributed by atoms with Crippen LogP contribution in [-0.2, 0) is 0 Å². The summed E-state index contributed by atoms with van der Waals surface area (Å²) in [6, 6.07) is 5.17. The highest BCUT2D eigenvalue weighted by Crippen LogP contribution is 2.39. The summed E-state index contributed by atoms with van der Waals surface area (Å²) in [6.07, 6.45) is -7.46. The minimum absolute atomic E-state index is 0.0980. The standard InChI is InChI=1S/C17H18F5NO2/c1-23-12-4-5-13(23)9-11(8-12)15(24)10-2-6-14(7-3-10)25-17(21,22)16(18,19)20/h2-3,6-7,11-13H,4-5,8-9H2,1H3. The molecule has 1 aromatic carbocycles. The number of hydrogen-bond acceptors (Lipinski definition) is 3. The fraction of sp³-hybridized carbons (Fsp3) is 0.588. The molecule has 2 atom stereocenters. The van der Waals surface area contributed by atoms with Gasteiger partial charge in [0.2, 0.25) is 0 Å². The van der Waals surface area contributed by atoms with Gasteiger partial charge in [-0.1, -0.05) is 0 Å². The third kappa shape index (κ3) is 3.49. The molecule has 3 nitrogen and oxygen atoms in total. The van der Waals surface area contributed by atoms with E-state index in [1.807, 2.05) is 0 Å². The monoisotopic (exact) mass is 363 g/mol. The number of Topliss-reactive ketones (excluding diaryl/α,β-unsaturated/α-hetero) is 1. The Hall–Kier alpha value is -1.70. The quantitative estimate of drug-likeness (QED) is 0.591. The number of rotatable bonds is 4. The molecule has 2 bridgehead atoms. The number of nitrogens with zero attached hydrogens (tertiary/aromatic N) is 1. The van der Waals surface area contributed by atoms with E-state index in [9.17, 15) is 26.7 Å². The molecule has 0 saturated carbocycles. The zero-order valence-corrected chi connectivity index (χ0v) is 13.5. The summed E-state index contributed by atoms with van der Waals surface area (Å²) in [5, 5.41) is 0. The van der Waals surface area contributed by atoms with Crippen molar-refractivity contribution in [2.45, 2.75) is 50.1 Å². The zero-order valence-electron chi connectivity index (χ0n) is 13.5. The number of hydrogen-bond donors (Lipinski definition) is 0. The number of alkyl halides is 5. The number of carbonyl (C=O) groups excluding carboxylic acids is 1. The Balaban J connectivity index is 1.67. The van der Waals surface area contributed by atoms with Crippen LogP contribution < -0.4 is 4.74 Å². The van der Waals surface area contributed by atoms with Gasteiger partial charge >= 0.3 is 12.3 Å². The van der Waals surface area contributed by atoms with Gasteiger partial charge in [0.05, 0.1) is 0 Å². The maximum atomic E-state index is 12.9. The lowest BCUT2D eigenvalue weighted by molar-refractivity contribution is -0.360. The topological polar surface area (TPSA) is 29.5 Å². The van der Waals surface area contributed by atoms with E-state index in [4.69, 9.17) is 0 Å². The molecule has 0 N–H and O–H groups in total. The minimum Gasteiger partial charge on any atom is -0.426 e. The van der Waals surface area contributed by atoms with Crippen molar-refractivity contribution in [3.8, 4) is 5.75 Å². The molecule has 1 aromatic rings. The van der Waals surface area contributed by atoms with Crippen LogP contribution in [0.1, 0.15) is 36.0 Å². The Morgan fingerprint density at radius 1 is 1.04 bits per heavy atom. The highest BCUT2D eigenvalue weighted by Gasteiger charge is 2.61. The Morgan fingerprint density at radius 2 is 1.56 bits per heavy atom. The van der Waals surface area contributed by atoms with Crippen molar-refractivity contribution < 1.29 is 31.5 Å². The van der Waals surface area contributed by atoms with Gasteiger partial charge in [-0.3, -0.25) is 4.79 Å². The van der Waals surface area contributed by atoms with Crippen LogP contribution in [-0.4, -0.2) is 42.1 Å². The summed E-state index contributed by atoms with van der Waals surface area (Å²) in [7, 11) is 2.05. The Kier molecular flexibility index (Phi) is 4.51. The van der Waals surface area contributed by atoms with Crippen LogP contribution in [0.4, 0.5) is 22.0 Å². The summed E-state index contributed by atoms with van der Waals surface area (Å²) in [4.78, 5) is 14.9. The van der Waals surface area contributed by atoms with E-state index in [0.717, 1.165) is 37.8 Å². The van der Waals surface area contributed by atoms with Gasteiger partial charge in [-0.15, -0.1) is 0 Å². The number of halogens is 5. The fourth-order valence-corrected chi connectivity index (χ4v) is 3.75. The molecule has 0 aromatic heterocycles. The molecule has 0 aliphatic carbocycles. The Labute approximate surface area is 141 Å². The molecule has 2 aliphatic heterocycles. The molecule has 0 amide bonds. The normalized spacial score (nSPS) is 27.4. The number of ether oxygens (including phenoxy) is 1. The van der Waals surface area contributed by atoms with E-state index in [-0.39, 0.29) is 11.7 Å². The second kappa shape index (κ2) is 6.23. The molecule has 2 fully saturated rings. The first kappa shape index (κ1) is 18.1. The van der Waals surface area contributed by atoms with Crippen molar-refractivity contribution in [3.05, 3.63) is 29.8 Å². The third-order valence-corrected chi connectivity index (χ3v) is 5.18. The first-order valence-electron chi connectivity index (χ1n) is 8.08. The predicted molar refractivity (Wildman–Crippen MR) is 79.7 cm³/mol. The summed E-state index contributed by atoms with van der Waals surface area (Å²) < 4.78 is 65.9. The molecular formula is C17H18F5NO2. The SMILES string of the molecule is CN1C2CCC1CC(C(=O)c1ccc(OC(F)(F)C(F)(F)F)cc1)C2. The molecule has 25 heavy (non-hydrogen) atoms. The third-order valence-electron chi connectivity index (χ3n) is 5.18. The number of fused-ring (bicyclic) bond motifs is 2. The van der Waals surface area contributed by atoms with Gasteiger partial charge in [0.15, 0.2) is 5.78 Å². The van der Waals surface area contributed by atoms with Crippen LogP contribution in [0.3, 0.4) is 0 Å². The maximum absolute atomic E-state index is 12.9. The van der Waals surface area contributed by atoms with Gasteiger partial charge in [-0.25, -0.2) is 0 Å². The average Bonchev–Trinajstić information content (AvgIpc) is 2.74. The Morgan fingerprint density at radius 3 is 2.04 bits per heavy atom. The molecule has 2 aliphatic rings. The highest BCUT2D eigenvalue weighted by atomic mass is 19.4. The van der Waals surface area contributed by atoms with Crippen LogP contribution in [0.2, 0.25) is 0 Å². The van der Waals surface area contributed by atoms with Crippen LogP contribution in [0.25, 0.3) is 0 Å². The lowest BCUT2D eigenvalue weighted by atomic mass is 9.85. The first-order valence-corrected chi connectivity index (χ1v) is 8.08. The molecular weight excluding hydrogens is 345 g/mol. The van der Waals surface area contributed by atoms with Crippen LogP contribution in [0, 0.1) is 5.92 Å². The van der Waals surface area contributed by atoms with E-state index < -0.39 is 18.0 Å². The van der Waals surface area contributed by atoms with E-state index >= 15 is 0 Å². The number of carbonyl (C=O) groups is 1. The van der Waals surface area contributed by atoms with Crippen molar-refractivity contribution in [1.82, 2.24) is 4.90 Å².